The van der Waals surface area contributed by atoms with Crippen molar-refractivity contribution in [3.8, 4) is 0 Å². The van der Waals surface area contributed by atoms with Gasteiger partial charge in [0.15, 0.2) is 0 Å². The van der Waals surface area contributed by atoms with Gasteiger partial charge in [0, 0.05) is 33.9 Å². The highest BCUT2D eigenvalue weighted by atomic mass is 16.5. The van der Waals surface area contributed by atoms with Gasteiger partial charge in [-0.3, -0.25) is 14.5 Å². The highest BCUT2D eigenvalue weighted by molar-refractivity contribution is 6.35. The third-order valence-corrected chi connectivity index (χ3v) is 4.70. The van der Waals surface area contributed by atoms with E-state index in [0.29, 0.717) is 44.1 Å². The van der Waals surface area contributed by atoms with E-state index >= 15 is 0 Å². The summed E-state index contributed by atoms with van der Waals surface area (Å²) in [5, 5.41) is 0. The molecule has 0 spiro atoms. The summed E-state index contributed by atoms with van der Waals surface area (Å²) >= 11 is 0. The first-order valence-corrected chi connectivity index (χ1v) is 8.87. The van der Waals surface area contributed by atoms with Crippen LogP contribution in [0.15, 0.2) is 23.9 Å². The average Bonchev–Trinajstić information content (AvgIpc) is 2.87. The second-order valence-electron chi connectivity index (χ2n) is 6.35. The molecule has 1 heterocycles. The van der Waals surface area contributed by atoms with Gasteiger partial charge >= 0.3 is 0 Å². The number of likely N-dealkylation sites (N-methyl/N-ethyl adjacent to an activating group) is 1. The number of nitrogens with zero attached hydrogens (tertiary/aromatic N) is 2. The van der Waals surface area contributed by atoms with Crippen LogP contribution in [-0.4, -0.2) is 68.7 Å². The average molecular weight is 360 g/mol. The zero-order chi connectivity index (χ0) is 19.3. The lowest BCUT2D eigenvalue weighted by molar-refractivity contribution is -0.137. The first kappa shape index (κ1) is 20.1. The molecule has 0 N–H and O–H groups in total. The van der Waals surface area contributed by atoms with Crippen molar-refractivity contribution in [3.05, 3.63) is 40.6 Å². The van der Waals surface area contributed by atoms with E-state index in [-0.39, 0.29) is 11.8 Å². The summed E-state index contributed by atoms with van der Waals surface area (Å²) in [6, 6.07) is 5.86. The van der Waals surface area contributed by atoms with Crippen LogP contribution >= 0.6 is 0 Å². The fourth-order valence-corrected chi connectivity index (χ4v) is 3.04. The lowest BCUT2D eigenvalue weighted by Crippen LogP contribution is -2.37. The Morgan fingerprint density at radius 1 is 0.962 bits per heavy atom. The molecule has 0 saturated carbocycles. The molecule has 1 aliphatic rings. The van der Waals surface area contributed by atoms with E-state index in [0.717, 1.165) is 16.7 Å². The number of carbonyl (C=O) groups excluding carboxylic acids is 2. The monoisotopic (exact) mass is 360 g/mol. The van der Waals surface area contributed by atoms with Crippen LogP contribution in [0.4, 0.5) is 0 Å². The van der Waals surface area contributed by atoms with Crippen molar-refractivity contribution in [2.24, 2.45) is 0 Å². The predicted molar refractivity (Wildman–Crippen MR) is 101 cm³/mol. The van der Waals surface area contributed by atoms with Crippen LogP contribution in [-0.2, 0) is 19.1 Å². The van der Waals surface area contributed by atoms with Gasteiger partial charge in [0.1, 0.15) is 5.70 Å². The number of amides is 2. The molecule has 1 aromatic carbocycles. The van der Waals surface area contributed by atoms with Gasteiger partial charge < -0.3 is 14.4 Å². The maximum atomic E-state index is 13.0. The van der Waals surface area contributed by atoms with Crippen molar-refractivity contribution in [2.45, 2.75) is 20.8 Å². The van der Waals surface area contributed by atoms with Crippen molar-refractivity contribution < 1.29 is 19.1 Å². The Morgan fingerprint density at radius 3 is 2.08 bits per heavy atom. The number of carbonyl (C=O) groups is 2. The van der Waals surface area contributed by atoms with Gasteiger partial charge in [-0.15, -0.1) is 0 Å². The van der Waals surface area contributed by atoms with Crippen LogP contribution < -0.4 is 0 Å². The van der Waals surface area contributed by atoms with Gasteiger partial charge in [-0.05, 0) is 37.5 Å². The van der Waals surface area contributed by atoms with Gasteiger partial charge in [-0.2, -0.15) is 0 Å². The number of hydrogen-bond donors (Lipinski definition) is 0. The molecule has 0 atom stereocenters. The maximum absolute atomic E-state index is 13.0. The van der Waals surface area contributed by atoms with Crippen LogP contribution in [0.5, 0.6) is 0 Å². The van der Waals surface area contributed by atoms with Crippen molar-refractivity contribution in [1.29, 1.82) is 0 Å². The van der Waals surface area contributed by atoms with E-state index in [9.17, 15) is 9.59 Å². The molecule has 0 saturated heterocycles. The zero-order valence-electron chi connectivity index (χ0n) is 16.3. The maximum Gasteiger partial charge on any atom is 0.277 e. The first-order valence-electron chi connectivity index (χ1n) is 8.87. The van der Waals surface area contributed by atoms with Crippen LogP contribution in [0.3, 0.4) is 0 Å². The molecule has 0 fully saturated rings. The standard InChI is InChI=1S/C20H28N2O4/c1-6-22-19(23)17(16-8-7-14(2)15(3)13-16)18(20(22)24)21(9-11-25-4)10-12-26-5/h7-8,13H,6,9-12H2,1-5H3. The molecule has 2 amide bonds. The molecule has 142 valence electrons. The summed E-state index contributed by atoms with van der Waals surface area (Å²) in [5.41, 5.74) is 3.92. The summed E-state index contributed by atoms with van der Waals surface area (Å²) in [4.78, 5) is 29.1. The number of rotatable bonds is 9. The molecule has 6 heteroatoms. The van der Waals surface area contributed by atoms with Gasteiger partial charge in [0.2, 0.25) is 0 Å². The largest absolute Gasteiger partial charge is 0.383 e. The molecule has 6 nitrogen and oxygen atoms in total. The van der Waals surface area contributed by atoms with Crippen molar-refractivity contribution in [3.63, 3.8) is 0 Å². The number of benzene rings is 1. The summed E-state index contributed by atoms with van der Waals surface area (Å²) in [6.45, 7) is 8.13. The van der Waals surface area contributed by atoms with Crippen LogP contribution in [0.2, 0.25) is 0 Å². The minimum Gasteiger partial charge on any atom is -0.383 e. The third kappa shape index (κ3) is 3.97. The Balaban J connectivity index is 2.57. The molecule has 0 radical (unpaired) electrons. The van der Waals surface area contributed by atoms with Crippen molar-refractivity contribution in [1.82, 2.24) is 9.80 Å². The van der Waals surface area contributed by atoms with E-state index in [1.807, 2.05) is 43.9 Å². The molecule has 26 heavy (non-hydrogen) atoms. The van der Waals surface area contributed by atoms with E-state index in [1.54, 1.807) is 14.2 Å². The number of aryl methyl sites for hydroxylation is 2. The molecule has 0 aliphatic carbocycles. The lowest BCUT2D eigenvalue weighted by Gasteiger charge is -2.25. The predicted octanol–water partition coefficient (Wildman–Crippen LogP) is 2.00. The SMILES string of the molecule is CCN1C(=O)C(c2ccc(C)c(C)c2)=C(N(CCOC)CCOC)C1=O. The van der Waals surface area contributed by atoms with E-state index in [4.69, 9.17) is 9.47 Å². The Bertz CT molecular complexity index is 704. The van der Waals surface area contributed by atoms with E-state index in [1.165, 1.54) is 4.90 Å². The van der Waals surface area contributed by atoms with Crippen molar-refractivity contribution in [2.75, 3.05) is 47.1 Å². The van der Waals surface area contributed by atoms with E-state index in [2.05, 4.69) is 0 Å². The molecule has 0 unspecified atom stereocenters. The van der Waals surface area contributed by atoms with Gasteiger partial charge in [-0.1, -0.05) is 18.2 Å². The molecular weight excluding hydrogens is 332 g/mol. The third-order valence-electron chi connectivity index (χ3n) is 4.70. The fraction of sp³-hybridized carbons (Fsp3) is 0.500. The summed E-state index contributed by atoms with van der Waals surface area (Å²) in [5.74, 6) is -0.492. The first-order chi connectivity index (χ1) is 12.5. The molecule has 1 aliphatic heterocycles. The lowest BCUT2D eigenvalue weighted by atomic mass is 9.99. The second kappa shape index (κ2) is 8.96. The summed E-state index contributed by atoms with van der Waals surface area (Å²) in [7, 11) is 3.24. The van der Waals surface area contributed by atoms with Crippen LogP contribution in [0.1, 0.15) is 23.6 Å². The van der Waals surface area contributed by atoms with E-state index < -0.39 is 0 Å². The smallest absolute Gasteiger partial charge is 0.277 e. The highest BCUT2D eigenvalue weighted by Crippen LogP contribution is 2.32. The molecule has 0 aromatic heterocycles. The Hall–Kier alpha value is -2.18. The number of hydrogen-bond acceptors (Lipinski definition) is 5. The molecule has 0 bridgehead atoms. The Morgan fingerprint density at radius 2 is 1.58 bits per heavy atom. The topological polar surface area (TPSA) is 59.1 Å². The fourth-order valence-electron chi connectivity index (χ4n) is 3.04. The zero-order valence-corrected chi connectivity index (χ0v) is 16.3. The minimum absolute atomic E-state index is 0.240. The van der Waals surface area contributed by atoms with Crippen LogP contribution in [0, 0.1) is 13.8 Å². The normalized spacial score (nSPS) is 14.6. The molecule has 1 aromatic rings. The number of methoxy groups -OCH3 is 2. The van der Waals surface area contributed by atoms with Gasteiger partial charge in [-0.25, -0.2) is 0 Å². The van der Waals surface area contributed by atoms with Crippen molar-refractivity contribution >= 4 is 17.4 Å². The van der Waals surface area contributed by atoms with Gasteiger partial charge in [0.25, 0.3) is 11.8 Å². The summed E-state index contributed by atoms with van der Waals surface area (Å²) < 4.78 is 10.4. The number of imide groups is 1. The molecular formula is C20H28N2O4. The Kier molecular flexibility index (Phi) is 6.94. The summed E-state index contributed by atoms with van der Waals surface area (Å²) in [6.07, 6.45) is 0. The quantitative estimate of drug-likeness (QED) is 0.631. The Labute approximate surface area is 155 Å². The number of ether oxygens (including phenoxy) is 2. The molecule has 2 rings (SSSR count). The second-order valence-corrected chi connectivity index (χ2v) is 6.35. The van der Waals surface area contributed by atoms with Gasteiger partial charge in [0.05, 0.1) is 18.8 Å². The van der Waals surface area contributed by atoms with Crippen LogP contribution in [0.25, 0.3) is 5.57 Å². The highest BCUT2D eigenvalue weighted by Gasteiger charge is 2.40. The minimum atomic E-state index is -0.252.